The van der Waals surface area contributed by atoms with Crippen LogP contribution in [-0.2, 0) is 6.54 Å². The lowest BCUT2D eigenvalue weighted by Gasteiger charge is -2.26. The molecular weight excluding hydrogens is 352 g/mol. The van der Waals surface area contributed by atoms with Crippen LogP contribution >= 0.6 is 22.7 Å². The molecule has 0 bridgehead atoms. The Bertz CT molecular complexity index is 882. The largest absolute Gasteiger partial charge is 0.365 e. The average molecular weight is 373 g/mol. The van der Waals surface area contributed by atoms with Gasteiger partial charge in [0, 0.05) is 18.0 Å². The SMILES string of the molecule is Cc1c(C(=O)N2CCCCC2)sc2ncnc(NCc3cccs3)c12. The third-order valence-corrected chi connectivity index (χ3v) is 6.64. The Balaban J connectivity index is 1.64. The van der Waals surface area contributed by atoms with Crippen molar-refractivity contribution in [2.75, 3.05) is 18.4 Å². The monoisotopic (exact) mass is 372 g/mol. The molecule has 1 N–H and O–H groups in total. The van der Waals surface area contributed by atoms with Gasteiger partial charge in [0.2, 0.25) is 0 Å². The topological polar surface area (TPSA) is 58.1 Å². The van der Waals surface area contributed by atoms with Gasteiger partial charge >= 0.3 is 0 Å². The van der Waals surface area contributed by atoms with Crippen LogP contribution in [0.3, 0.4) is 0 Å². The molecule has 0 atom stereocenters. The summed E-state index contributed by atoms with van der Waals surface area (Å²) in [6.45, 7) is 4.47. The fourth-order valence-electron chi connectivity index (χ4n) is 3.23. The number of hydrogen-bond acceptors (Lipinski definition) is 6. The minimum absolute atomic E-state index is 0.143. The zero-order valence-electron chi connectivity index (χ0n) is 14.1. The first kappa shape index (κ1) is 16.5. The number of likely N-dealkylation sites (tertiary alicyclic amines) is 1. The fourth-order valence-corrected chi connectivity index (χ4v) is 5.00. The molecule has 1 aliphatic rings. The summed E-state index contributed by atoms with van der Waals surface area (Å²) in [5, 5.41) is 6.45. The van der Waals surface area contributed by atoms with Gasteiger partial charge in [-0.05, 0) is 43.2 Å². The molecular formula is C18H20N4OS2. The third kappa shape index (κ3) is 3.26. The highest BCUT2D eigenvalue weighted by Gasteiger charge is 2.24. The standard InChI is InChI=1S/C18H20N4OS2/c1-12-14-16(19-10-13-6-5-9-24-13)20-11-21-17(14)25-15(12)18(23)22-7-3-2-4-8-22/h5-6,9,11H,2-4,7-8,10H2,1H3,(H,19,20,21). The summed E-state index contributed by atoms with van der Waals surface area (Å²) in [6.07, 6.45) is 4.99. The maximum Gasteiger partial charge on any atom is 0.264 e. The van der Waals surface area contributed by atoms with E-state index in [9.17, 15) is 4.79 Å². The summed E-state index contributed by atoms with van der Waals surface area (Å²) >= 11 is 3.20. The minimum Gasteiger partial charge on any atom is -0.365 e. The highest BCUT2D eigenvalue weighted by molar-refractivity contribution is 7.20. The molecule has 0 unspecified atom stereocenters. The molecule has 4 heterocycles. The van der Waals surface area contributed by atoms with Gasteiger partial charge in [0.15, 0.2) is 0 Å². The molecule has 0 aliphatic carbocycles. The van der Waals surface area contributed by atoms with Crippen molar-refractivity contribution in [2.24, 2.45) is 0 Å². The van der Waals surface area contributed by atoms with E-state index >= 15 is 0 Å². The van der Waals surface area contributed by atoms with Crippen molar-refractivity contribution in [1.82, 2.24) is 14.9 Å². The van der Waals surface area contributed by atoms with E-state index in [1.807, 2.05) is 17.9 Å². The van der Waals surface area contributed by atoms with E-state index in [-0.39, 0.29) is 5.91 Å². The summed E-state index contributed by atoms with van der Waals surface area (Å²) in [7, 11) is 0. The molecule has 1 saturated heterocycles. The predicted molar refractivity (Wildman–Crippen MR) is 104 cm³/mol. The van der Waals surface area contributed by atoms with E-state index < -0.39 is 0 Å². The Morgan fingerprint density at radius 3 is 2.88 bits per heavy atom. The van der Waals surface area contributed by atoms with Crippen LogP contribution in [0, 0.1) is 6.92 Å². The highest BCUT2D eigenvalue weighted by Crippen LogP contribution is 2.34. The summed E-state index contributed by atoms with van der Waals surface area (Å²) in [4.78, 5) is 26.6. The lowest BCUT2D eigenvalue weighted by molar-refractivity contribution is 0.0728. The molecule has 0 aromatic carbocycles. The Hall–Kier alpha value is -1.99. The number of thiophene rings is 2. The average Bonchev–Trinajstić information content (AvgIpc) is 3.28. The first-order valence-corrected chi connectivity index (χ1v) is 10.2. The molecule has 25 heavy (non-hydrogen) atoms. The number of aryl methyl sites for hydroxylation is 1. The molecule has 1 fully saturated rings. The minimum atomic E-state index is 0.143. The van der Waals surface area contributed by atoms with Gasteiger partial charge in [-0.3, -0.25) is 4.79 Å². The number of nitrogens with zero attached hydrogens (tertiary/aromatic N) is 3. The predicted octanol–water partition coefficient (Wildman–Crippen LogP) is 4.30. The Labute approximate surface area is 154 Å². The fraction of sp³-hybridized carbons (Fsp3) is 0.389. The van der Waals surface area contributed by atoms with E-state index in [0.29, 0.717) is 0 Å². The van der Waals surface area contributed by atoms with Crippen LogP contribution in [0.15, 0.2) is 23.8 Å². The summed E-state index contributed by atoms with van der Waals surface area (Å²) in [6, 6.07) is 4.14. The van der Waals surface area contributed by atoms with Crippen LogP contribution in [0.1, 0.15) is 39.4 Å². The van der Waals surface area contributed by atoms with Gasteiger partial charge in [-0.15, -0.1) is 22.7 Å². The van der Waals surface area contributed by atoms with Gasteiger partial charge < -0.3 is 10.2 Å². The Morgan fingerprint density at radius 1 is 1.28 bits per heavy atom. The number of piperidine rings is 1. The van der Waals surface area contributed by atoms with E-state index in [2.05, 4.69) is 26.7 Å². The molecule has 0 radical (unpaired) electrons. The first-order valence-electron chi connectivity index (χ1n) is 8.53. The second kappa shape index (κ2) is 7.09. The third-order valence-electron chi connectivity index (χ3n) is 4.57. The number of nitrogens with one attached hydrogen (secondary N) is 1. The van der Waals surface area contributed by atoms with Gasteiger partial charge in [0.1, 0.15) is 17.0 Å². The van der Waals surface area contributed by atoms with Crippen molar-refractivity contribution in [3.8, 4) is 0 Å². The molecule has 0 saturated carbocycles. The molecule has 4 rings (SSSR count). The van der Waals surface area contributed by atoms with Crippen LogP contribution in [0.25, 0.3) is 10.2 Å². The smallest absolute Gasteiger partial charge is 0.264 e. The molecule has 3 aromatic heterocycles. The number of anilines is 1. The van der Waals surface area contributed by atoms with Gasteiger partial charge in [-0.2, -0.15) is 0 Å². The van der Waals surface area contributed by atoms with Crippen LogP contribution in [0.2, 0.25) is 0 Å². The van der Waals surface area contributed by atoms with Crippen molar-refractivity contribution >= 4 is 44.6 Å². The van der Waals surface area contributed by atoms with Crippen molar-refractivity contribution in [3.63, 3.8) is 0 Å². The van der Waals surface area contributed by atoms with Crippen molar-refractivity contribution in [2.45, 2.75) is 32.7 Å². The van der Waals surface area contributed by atoms with E-state index in [4.69, 9.17) is 0 Å². The summed E-state index contributed by atoms with van der Waals surface area (Å²) in [5.74, 6) is 0.953. The van der Waals surface area contributed by atoms with Crippen LogP contribution in [0.4, 0.5) is 5.82 Å². The maximum absolute atomic E-state index is 12.9. The van der Waals surface area contributed by atoms with Crippen LogP contribution < -0.4 is 5.32 Å². The number of carbonyl (C=O) groups excluding carboxylic acids is 1. The quantitative estimate of drug-likeness (QED) is 0.742. The van der Waals surface area contributed by atoms with E-state index in [0.717, 1.165) is 59.0 Å². The molecule has 130 valence electrons. The van der Waals surface area contributed by atoms with Crippen LogP contribution in [0.5, 0.6) is 0 Å². The van der Waals surface area contributed by atoms with Gasteiger partial charge in [-0.1, -0.05) is 6.07 Å². The van der Waals surface area contributed by atoms with Crippen molar-refractivity contribution in [3.05, 3.63) is 39.2 Å². The number of aromatic nitrogens is 2. The van der Waals surface area contributed by atoms with Crippen molar-refractivity contribution < 1.29 is 4.79 Å². The van der Waals surface area contributed by atoms with Gasteiger partial charge in [-0.25, -0.2) is 9.97 Å². The number of hydrogen-bond donors (Lipinski definition) is 1. The highest BCUT2D eigenvalue weighted by atomic mass is 32.1. The molecule has 7 heteroatoms. The molecule has 5 nitrogen and oxygen atoms in total. The zero-order valence-corrected chi connectivity index (χ0v) is 15.8. The summed E-state index contributed by atoms with van der Waals surface area (Å²) in [5.41, 5.74) is 0.991. The number of rotatable bonds is 4. The van der Waals surface area contributed by atoms with Crippen molar-refractivity contribution in [1.29, 1.82) is 0 Å². The van der Waals surface area contributed by atoms with Gasteiger partial charge in [0.05, 0.1) is 16.8 Å². The first-order chi connectivity index (χ1) is 12.2. The number of amides is 1. The summed E-state index contributed by atoms with van der Waals surface area (Å²) < 4.78 is 0. The molecule has 1 aliphatic heterocycles. The lowest BCUT2D eigenvalue weighted by atomic mass is 10.1. The van der Waals surface area contributed by atoms with E-state index in [1.165, 1.54) is 22.6 Å². The lowest BCUT2D eigenvalue weighted by Crippen LogP contribution is -2.35. The molecule has 0 spiro atoms. The molecule has 3 aromatic rings. The van der Waals surface area contributed by atoms with Crippen LogP contribution in [-0.4, -0.2) is 33.9 Å². The Morgan fingerprint density at radius 2 is 2.12 bits per heavy atom. The zero-order chi connectivity index (χ0) is 17.2. The maximum atomic E-state index is 12.9. The van der Waals surface area contributed by atoms with Gasteiger partial charge in [0.25, 0.3) is 5.91 Å². The van der Waals surface area contributed by atoms with E-state index in [1.54, 1.807) is 17.7 Å². The normalized spacial score (nSPS) is 14.8. The molecule has 1 amide bonds. The second-order valence-corrected chi connectivity index (χ2v) is 8.28. The number of fused-ring (bicyclic) bond motifs is 1. The second-order valence-electron chi connectivity index (χ2n) is 6.24. The Kier molecular flexibility index (Phi) is 4.67. The number of carbonyl (C=O) groups is 1.